The van der Waals surface area contributed by atoms with E-state index in [1.807, 2.05) is 73.3 Å². The molecule has 21 aromatic rings. The molecule has 10 aromatic heterocycles. The van der Waals surface area contributed by atoms with Gasteiger partial charge in [0.25, 0.3) is 0 Å². The van der Waals surface area contributed by atoms with E-state index in [1.54, 1.807) is 0 Å². The van der Waals surface area contributed by atoms with Gasteiger partial charge in [-0.05, 0) is 142 Å². The quantitative estimate of drug-likeness (QED) is 0.136. The molecule has 0 radical (unpaired) electrons. The number of para-hydroxylation sites is 1. The molecule has 0 saturated carbocycles. The minimum Gasteiger partial charge on any atom is -0.256 e. The highest BCUT2D eigenvalue weighted by Gasteiger charge is 2.15. The third kappa shape index (κ3) is 11.1. The fraction of sp³-hybridized carbons (Fsp3) is 0. The summed E-state index contributed by atoms with van der Waals surface area (Å²) in [5.74, 6) is 0. The first-order chi connectivity index (χ1) is 51.4. The third-order valence-corrected chi connectivity index (χ3v) is 20.0. The van der Waals surface area contributed by atoms with E-state index in [4.69, 9.17) is 34.9 Å². The molecule has 21 rings (SSSR count). The molecule has 0 unspecified atom stereocenters. The fourth-order valence-electron chi connectivity index (χ4n) is 14.4. The predicted molar refractivity (Wildman–Crippen MR) is 427 cm³/mol. The first kappa shape index (κ1) is 59.8. The molecule has 0 fully saturated rings. The second-order valence-corrected chi connectivity index (χ2v) is 26.4. The Morgan fingerprint density at radius 1 is 0.144 bits per heavy atom. The predicted octanol–water partition coefficient (Wildman–Crippen LogP) is 23.3. The van der Waals surface area contributed by atoms with Crippen LogP contribution in [0.1, 0.15) is 0 Å². The van der Waals surface area contributed by atoms with E-state index in [0.717, 1.165) is 199 Å². The lowest BCUT2D eigenvalue weighted by atomic mass is 9.98. The Balaban J connectivity index is 0.000000139. The lowest BCUT2D eigenvalue weighted by Crippen LogP contribution is -1.91. The second-order valence-electron chi connectivity index (χ2n) is 26.4. The van der Waals surface area contributed by atoms with Crippen molar-refractivity contribution in [3.63, 3.8) is 0 Å². The summed E-state index contributed by atoms with van der Waals surface area (Å²) in [6.07, 6.45) is 7.47. The fourth-order valence-corrected chi connectivity index (χ4v) is 14.4. The van der Waals surface area contributed by atoms with E-state index in [1.165, 1.54) is 10.8 Å². The molecule has 11 aromatic carbocycles. The van der Waals surface area contributed by atoms with E-state index in [2.05, 4.69) is 282 Å². The number of nitrogens with zero attached hydrogens (tertiary/aromatic N) is 10. The van der Waals surface area contributed by atoms with Crippen LogP contribution in [0.2, 0.25) is 0 Å². The maximum Gasteiger partial charge on any atom is 0.0972 e. The molecule has 0 aliphatic heterocycles. The SMILES string of the molecule is c1ccc2cc(-c3ccc4ccc(-c5ccc6ccc(-c7ccc(-c8ccc9ccc%10cccnc%10c9n8)cc7)cc6n5)cc4n3)ncc2c1.c1ccc2ncc(-c3ccc4ccc(-c5ccc6ccc(-c7ccc8cc(-c9ccc%10ccc%11cccnc%11c%10n9)ccc8c7)cc6n5)cc4n3)cc2c1. The van der Waals surface area contributed by atoms with Crippen molar-refractivity contribution >= 4 is 120 Å². The average molecular weight is 1330 g/mol. The van der Waals surface area contributed by atoms with Gasteiger partial charge in [0.15, 0.2) is 0 Å². The second kappa shape index (κ2) is 24.9. The average Bonchev–Trinajstić information content (AvgIpc) is 0.767. The van der Waals surface area contributed by atoms with Crippen molar-refractivity contribution in [3.05, 3.63) is 340 Å². The van der Waals surface area contributed by atoms with Crippen LogP contribution in [0.4, 0.5) is 0 Å². The molecule has 0 aliphatic rings. The van der Waals surface area contributed by atoms with Crippen molar-refractivity contribution in [1.29, 1.82) is 0 Å². The van der Waals surface area contributed by atoms with Gasteiger partial charge in [-0.15, -0.1) is 0 Å². The Hall–Kier alpha value is -14.2. The Morgan fingerprint density at radius 3 is 1.05 bits per heavy atom. The van der Waals surface area contributed by atoms with Crippen LogP contribution in [0.15, 0.2) is 340 Å². The van der Waals surface area contributed by atoms with E-state index in [9.17, 15) is 0 Å². The smallest absolute Gasteiger partial charge is 0.0972 e. The Labute approximate surface area is 596 Å². The molecule has 0 bridgehead atoms. The standard InChI is InChI=1S/C49H29N5.C45H27N5/c1-2-6-42-38(4-1)26-41(29-51-42)45-21-18-31-8-15-40(28-47(31)53-45)43-20-17-30-7-11-37(27-46(30)52-43)35-12-13-36-25-39(16-14-34(36)24-35)44-22-19-33-10-9-32-5-3-23-50-48(32)49(33)54-44;1-2-5-37-27-47-43(25-34(37)4-1)40-22-18-31-12-16-36(26-42(31)49-40)39-20-17-30-11-15-35(24-41(30)48-39)28-7-9-29(10-8-28)38-21-19-33-14-13-32-6-3-23-46-44(32)45(33)50-38/h1-29H;1-27H. The molecular weight excluding hydrogens is 1270 g/mol. The molecule has 482 valence electrons. The summed E-state index contributed by atoms with van der Waals surface area (Å²) in [7, 11) is 0. The van der Waals surface area contributed by atoms with E-state index < -0.39 is 0 Å². The van der Waals surface area contributed by atoms with Gasteiger partial charge in [-0.3, -0.25) is 19.9 Å². The van der Waals surface area contributed by atoms with Crippen LogP contribution < -0.4 is 0 Å². The normalized spacial score (nSPS) is 11.7. The molecule has 0 spiro atoms. The summed E-state index contributed by atoms with van der Waals surface area (Å²) in [6, 6.07) is 110. The Kier molecular flexibility index (Phi) is 14.3. The topological polar surface area (TPSA) is 129 Å². The highest BCUT2D eigenvalue weighted by atomic mass is 14.8. The maximum absolute atomic E-state index is 5.15. The van der Waals surface area contributed by atoms with Gasteiger partial charge in [0.1, 0.15) is 0 Å². The third-order valence-electron chi connectivity index (χ3n) is 20.0. The van der Waals surface area contributed by atoms with Crippen LogP contribution >= 0.6 is 0 Å². The summed E-state index contributed by atoms with van der Waals surface area (Å²) in [5, 5.41) is 14.4. The van der Waals surface area contributed by atoms with Gasteiger partial charge in [0, 0.05) is 106 Å². The molecule has 104 heavy (non-hydrogen) atoms. The molecular formula is C94H56N10. The number of pyridine rings is 10. The number of fused-ring (bicyclic) bond motifs is 13. The van der Waals surface area contributed by atoms with E-state index in [0.29, 0.717) is 0 Å². The molecule has 10 heterocycles. The van der Waals surface area contributed by atoms with Gasteiger partial charge < -0.3 is 0 Å². The molecule has 0 amide bonds. The summed E-state index contributed by atoms with van der Waals surface area (Å²) < 4.78 is 0. The number of benzene rings is 11. The van der Waals surface area contributed by atoms with Crippen molar-refractivity contribution in [1.82, 2.24) is 49.8 Å². The minimum atomic E-state index is 0.851. The van der Waals surface area contributed by atoms with Gasteiger partial charge in [-0.1, -0.05) is 212 Å². The highest BCUT2D eigenvalue weighted by molar-refractivity contribution is 6.05. The van der Waals surface area contributed by atoms with Gasteiger partial charge in [0.2, 0.25) is 0 Å². The summed E-state index contributed by atoms with van der Waals surface area (Å²) >= 11 is 0. The summed E-state index contributed by atoms with van der Waals surface area (Å²) in [4.78, 5) is 49.0. The van der Waals surface area contributed by atoms with Crippen LogP contribution in [-0.2, 0) is 0 Å². The van der Waals surface area contributed by atoms with Crippen molar-refractivity contribution in [2.24, 2.45) is 0 Å². The monoisotopic (exact) mass is 1320 g/mol. The lowest BCUT2D eigenvalue weighted by Gasteiger charge is -2.10. The van der Waals surface area contributed by atoms with Crippen molar-refractivity contribution in [2.75, 3.05) is 0 Å². The molecule has 10 heteroatoms. The molecule has 0 N–H and O–H groups in total. The van der Waals surface area contributed by atoms with Gasteiger partial charge >= 0.3 is 0 Å². The number of rotatable bonds is 8. The first-order valence-corrected chi connectivity index (χ1v) is 34.7. The molecule has 0 aliphatic carbocycles. The van der Waals surface area contributed by atoms with E-state index >= 15 is 0 Å². The van der Waals surface area contributed by atoms with Gasteiger partial charge in [0.05, 0.1) is 89.5 Å². The van der Waals surface area contributed by atoms with Crippen molar-refractivity contribution in [2.45, 2.75) is 0 Å². The first-order valence-electron chi connectivity index (χ1n) is 34.7. The lowest BCUT2D eigenvalue weighted by molar-refractivity contribution is 1.29. The van der Waals surface area contributed by atoms with Gasteiger partial charge in [-0.2, -0.15) is 0 Å². The van der Waals surface area contributed by atoms with Crippen LogP contribution in [0.3, 0.4) is 0 Å². The van der Waals surface area contributed by atoms with Crippen LogP contribution in [0.5, 0.6) is 0 Å². The van der Waals surface area contributed by atoms with Crippen molar-refractivity contribution < 1.29 is 0 Å². The summed E-state index contributed by atoms with van der Waals surface area (Å²) in [6.45, 7) is 0. The molecule has 0 saturated heterocycles. The van der Waals surface area contributed by atoms with E-state index in [-0.39, 0.29) is 0 Å². The number of aromatic nitrogens is 10. The molecule has 0 atom stereocenters. The Morgan fingerprint density at radius 2 is 0.481 bits per heavy atom. The van der Waals surface area contributed by atoms with Crippen LogP contribution in [0.25, 0.3) is 210 Å². The van der Waals surface area contributed by atoms with Crippen molar-refractivity contribution in [3.8, 4) is 89.9 Å². The van der Waals surface area contributed by atoms with Crippen LogP contribution in [0, 0.1) is 0 Å². The zero-order chi connectivity index (χ0) is 68.6. The largest absolute Gasteiger partial charge is 0.256 e. The highest BCUT2D eigenvalue weighted by Crippen LogP contribution is 2.37. The maximum atomic E-state index is 5.15. The number of hydrogen-bond donors (Lipinski definition) is 0. The molecule has 10 nitrogen and oxygen atoms in total. The minimum absolute atomic E-state index is 0.851. The number of hydrogen-bond acceptors (Lipinski definition) is 10. The zero-order valence-corrected chi connectivity index (χ0v) is 55.8. The summed E-state index contributed by atoms with van der Waals surface area (Å²) in [5.41, 5.74) is 24.4. The van der Waals surface area contributed by atoms with Gasteiger partial charge in [-0.25, -0.2) is 29.9 Å². The van der Waals surface area contributed by atoms with Crippen LogP contribution in [-0.4, -0.2) is 49.8 Å². The Bertz CT molecular complexity index is 7080. The zero-order valence-electron chi connectivity index (χ0n) is 55.8.